The molecular formula is C13H24O3S. The van der Waals surface area contributed by atoms with Crippen LogP contribution in [0.15, 0.2) is 0 Å². The van der Waals surface area contributed by atoms with Crippen LogP contribution in [0.5, 0.6) is 0 Å². The summed E-state index contributed by atoms with van der Waals surface area (Å²) in [4.78, 5) is 23.7. The van der Waals surface area contributed by atoms with Crippen LogP contribution in [0.25, 0.3) is 0 Å². The Kier molecular flexibility index (Phi) is 8.30. The normalized spacial score (nSPS) is 14.5. The van der Waals surface area contributed by atoms with Gasteiger partial charge in [0, 0.05) is 5.25 Å². The SMILES string of the molecule is CCOC(=O)C(C(=O)CSC(C)CC)C(C)C. The van der Waals surface area contributed by atoms with Crippen LogP contribution in [0, 0.1) is 11.8 Å². The van der Waals surface area contributed by atoms with E-state index in [1.165, 1.54) is 0 Å². The second-order valence-corrected chi connectivity index (χ2v) is 5.90. The molecule has 100 valence electrons. The van der Waals surface area contributed by atoms with Crippen molar-refractivity contribution in [2.75, 3.05) is 12.4 Å². The van der Waals surface area contributed by atoms with Crippen molar-refractivity contribution in [3.8, 4) is 0 Å². The monoisotopic (exact) mass is 260 g/mol. The first kappa shape index (κ1) is 16.5. The Hall–Kier alpha value is -0.510. The van der Waals surface area contributed by atoms with E-state index in [0.717, 1.165) is 6.42 Å². The molecule has 2 unspecified atom stereocenters. The van der Waals surface area contributed by atoms with Gasteiger partial charge in [0.1, 0.15) is 5.92 Å². The van der Waals surface area contributed by atoms with Gasteiger partial charge in [-0.15, -0.1) is 0 Å². The third-order valence-electron chi connectivity index (χ3n) is 2.64. The van der Waals surface area contributed by atoms with Gasteiger partial charge in [-0.25, -0.2) is 0 Å². The molecule has 0 fully saturated rings. The van der Waals surface area contributed by atoms with E-state index < -0.39 is 5.92 Å². The van der Waals surface area contributed by atoms with Crippen molar-refractivity contribution in [2.24, 2.45) is 11.8 Å². The Balaban J connectivity index is 4.40. The predicted molar refractivity (Wildman–Crippen MR) is 72.2 cm³/mol. The van der Waals surface area contributed by atoms with E-state index in [2.05, 4.69) is 13.8 Å². The summed E-state index contributed by atoms with van der Waals surface area (Å²) in [5.74, 6) is -0.594. The van der Waals surface area contributed by atoms with Gasteiger partial charge < -0.3 is 4.74 Å². The van der Waals surface area contributed by atoms with Gasteiger partial charge >= 0.3 is 5.97 Å². The molecule has 0 aliphatic carbocycles. The van der Waals surface area contributed by atoms with Crippen LogP contribution in [0.1, 0.15) is 41.0 Å². The highest BCUT2D eigenvalue weighted by Gasteiger charge is 2.30. The minimum atomic E-state index is -0.605. The smallest absolute Gasteiger partial charge is 0.316 e. The molecule has 0 heterocycles. The molecule has 17 heavy (non-hydrogen) atoms. The molecule has 0 rings (SSSR count). The Morgan fingerprint density at radius 1 is 1.18 bits per heavy atom. The van der Waals surface area contributed by atoms with E-state index >= 15 is 0 Å². The molecular weight excluding hydrogens is 236 g/mol. The molecule has 4 heteroatoms. The molecule has 0 aromatic rings. The van der Waals surface area contributed by atoms with Crippen molar-refractivity contribution in [1.29, 1.82) is 0 Å². The Labute approximate surface area is 109 Å². The zero-order valence-corrected chi connectivity index (χ0v) is 12.3. The molecule has 0 N–H and O–H groups in total. The number of esters is 1. The molecule has 0 aliphatic rings. The zero-order valence-electron chi connectivity index (χ0n) is 11.5. The van der Waals surface area contributed by atoms with Gasteiger partial charge in [0.15, 0.2) is 5.78 Å². The number of rotatable bonds is 8. The second-order valence-electron chi connectivity index (χ2n) is 4.47. The van der Waals surface area contributed by atoms with E-state index in [-0.39, 0.29) is 17.7 Å². The van der Waals surface area contributed by atoms with Crippen molar-refractivity contribution in [3.05, 3.63) is 0 Å². The lowest BCUT2D eigenvalue weighted by Gasteiger charge is -2.18. The largest absolute Gasteiger partial charge is 0.465 e. The number of ether oxygens (including phenoxy) is 1. The number of hydrogen-bond acceptors (Lipinski definition) is 4. The molecule has 3 nitrogen and oxygen atoms in total. The predicted octanol–water partition coefficient (Wildman–Crippen LogP) is 2.92. The van der Waals surface area contributed by atoms with Crippen molar-refractivity contribution >= 4 is 23.5 Å². The first-order chi connectivity index (χ1) is 7.93. The molecule has 0 aromatic heterocycles. The number of carbonyl (C=O) groups excluding carboxylic acids is 2. The number of thioether (sulfide) groups is 1. The van der Waals surface area contributed by atoms with Crippen LogP contribution < -0.4 is 0 Å². The Bertz CT molecular complexity index is 251. The van der Waals surface area contributed by atoms with Gasteiger partial charge in [0.25, 0.3) is 0 Å². The third-order valence-corrected chi connectivity index (χ3v) is 3.99. The summed E-state index contributed by atoms with van der Waals surface area (Å²) >= 11 is 1.61. The standard InChI is InChI=1S/C13H24O3S/c1-6-10(5)17-8-11(14)12(9(3)4)13(15)16-7-2/h9-10,12H,6-8H2,1-5H3. The van der Waals surface area contributed by atoms with Gasteiger partial charge in [0.2, 0.25) is 0 Å². The van der Waals surface area contributed by atoms with Gasteiger partial charge in [0.05, 0.1) is 12.4 Å². The minimum Gasteiger partial charge on any atom is -0.465 e. The van der Waals surface area contributed by atoms with Crippen LogP contribution >= 0.6 is 11.8 Å². The van der Waals surface area contributed by atoms with E-state index in [1.54, 1.807) is 18.7 Å². The van der Waals surface area contributed by atoms with Crippen molar-refractivity contribution < 1.29 is 14.3 Å². The molecule has 0 aliphatic heterocycles. The number of Topliss-reactive ketones (excluding diaryl/α,β-unsaturated/α-hetero) is 1. The summed E-state index contributed by atoms with van der Waals surface area (Å²) < 4.78 is 4.95. The molecule has 0 radical (unpaired) electrons. The lowest BCUT2D eigenvalue weighted by atomic mass is 9.92. The third kappa shape index (κ3) is 6.10. The molecule has 0 aromatic carbocycles. The van der Waals surface area contributed by atoms with E-state index in [1.807, 2.05) is 13.8 Å². The Morgan fingerprint density at radius 3 is 2.18 bits per heavy atom. The summed E-state index contributed by atoms with van der Waals surface area (Å²) in [5.41, 5.74) is 0. The van der Waals surface area contributed by atoms with Gasteiger partial charge in [-0.2, -0.15) is 11.8 Å². The highest BCUT2D eigenvalue weighted by atomic mass is 32.2. The minimum absolute atomic E-state index is 0.000849. The van der Waals surface area contributed by atoms with Gasteiger partial charge in [-0.1, -0.05) is 27.7 Å². The van der Waals surface area contributed by atoms with Crippen LogP contribution in [0.4, 0.5) is 0 Å². The molecule has 0 amide bonds. The second kappa shape index (κ2) is 8.56. The van der Waals surface area contributed by atoms with Crippen LogP contribution in [0.3, 0.4) is 0 Å². The maximum atomic E-state index is 12.0. The number of ketones is 1. The quantitative estimate of drug-likeness (QED) is 0.497. The average molecular weight is 260 g/mol. The topological polar surface area (TPSA) is 43.4 Å². The summed E-state index contributed by atoms with van der Waals surface area (Å²) in [5, 5.41) is 0.453. The molecule has 0 bridgehead atoms. The maximum absolute atomic E-state index is 12.0. The fourth-order valence-electron chi connectivity index (χ4n) is 1.44. The summed E-state index contributed by atoms with van der Waals surface area (Å²) in [6.07, 6.45) is 1.03. The fourth-order valence-corrected chi connectivity index (χ4v) is 2.30. The summed E-state index contributed by atoms with van der Waals surface area (Å²) in [6.45, 7) is 10.0. The highest BCUT2D eigenvalue weighted by molar-refractivity contribution is 8.00. The van der Waals surface area contributed by atoms with E-state index in [4.69, 9.17) is 4.74 Å². The molecule has 0 saturated heterocycles. The van der Waals surface area contributed by atoms with Crippen LogP contribution in [-0.4, -0.2) is 29.4 Å². The highest BCUT2D eigenvalue weighted by Crippen LogP contribution is 2.20. The number of hydrogen-bond donors (Lipinski definition) is 0. The fraction of sp³-hybridized carbons (Fsp3) is 0.846. The maximum Gasteiger partial charge on any atom is 0.316 e. The van der Waals surface area contributed by atoms with E-state index in [9.17, 15) is 9.59 Å². The zero-order chi connectivity index (χ0) is 13.4. The first-order valence-electron chi connectivity index (χ1n) is 6.24. The molecule has 2 atom stereocenters. The lowest BCUT2D eigenvalue weighted by molar-refractivity contribution is -0.152. The molecule has 0 saturated carbocycles. The van der Waals surface area contributed by atoms with Crippen molar-refractivity contribution in [1.82, 2.24) is 0 Å². The van der Waals surface area contributed by atoms with Crippen LogP contribution in [0.2, 0.25) is 0 Å². The van der Waals surface area contributed by atoms with Crippen molar-refractivity contribution in [2.45, 2.75) is 46.3 Å². The van der Waals surface area contributed by atoms with Gasteiger partial charge in [-0.3, -0.25) is 9.59 Å². The Morgan fingerprint density at radius 2 is 1.76 bits per heavy atom. The lowest BCUT2D eigenvalue weighted by Crippen LogP contribution is -2.32. The van der Waals surface area contributed by atoms with Crippen LogP contribution in [-0.2, 0) is 14.3 Å². The number of carbonyl (C=O) groups is 2. The summed E-state index contributed by atoms with van der Waals surface area (Å²) in [6, 6.07) is 0. The van der Waals surface area contributed by atoms with Crippen molar-refractivity contribution in [3.63, 3.8) is 0 Å². The average Bonchev–Trinajstić information content (AvgIpc) is 2.25. The first-order valence-corrected chi connectivity index (χ1v) is 7.29. The summed E-state index contributed by atoms with van der Waals surface area (Å²) in [7, 11) is 0. The molecule has 0 spiro atoms. The van der Waals surface area contributed by atoms with E-state index in [0.29, 0.717) is 17.6 Å². The van der Waals surface area contributed by atoms with Gasteiger partial charge in [-0.05, 0) is 19.3 Å².